The number of Topliss-reactive ketones (excluding diaryl/α,β-unsaturated/α-hetero) is 1. The van der Waals surface area contributed by atoms with E-state index in [1.165, 1.54) is 23.5 Å². The topological polar surface area (TPSA) is 132 Å². The molecule has 1 saturated heterocycles. The molecule has 0 bridgehead atoms. The fraction of sp³-hybridized carbons (Fsp3) is 0.526. The molecule has 3 aromatic rings. The largest absolute Gasteiger partial charge is 0.497 e. The smallest absolute Gasteiger partial charge is 0.274 e. The summed E-state index contributed by atoms with van der Waals surface area (Å²) in [6.45, 7) is 1.76. The number of thiazole rings is 1. The molecule has 13 heteroatoms. The summed E-state index contributed by atoms with van der Waals surface area (Å²) in [5.74, 6) is -1.63. The number of amides is 2. The SMILES string of the molecule is COc1ccc2nc(O[C@@H]3C[C@H]4C(=O)C[C@]5(C(=O)NS(=O)(=O)C6(C)CC6)C[C@@H]5/C=C\CCCCC[C@H](Cc5cccc(F)c5)C(=O)N4C3)sc2c1. The van der Waals surface area contributed by atoms with E-state index in [4.69, 9.17) is 9.47 Å². The molecule has 1 aromatic heterocycles. The van der Waals surface area contributed by atoms with Crippen molar-refractivity contribution in [1.82, 2.24) is 14.6 Å². The van der Waals surface area contributed by atoms with Crippen molar-refractivity contribution in [3.63, 3.8) is 0 Å². The van der Waals surface area contributed by atoms with Gasteiger partial charge in [-0.05, 0) is 93.7 Å². The number of fused-ring (bicyclic) bond motifs is 3. The van der Waals surface area contributed by atoms with Crippen molar-refractivity contribution in [2.45, 2.75) is 94.4 Å². The van der Waals surface area contributed by atoms with Gasteiger partial charge in [0.15, 0.2) is 5.78 Å². The van der Waals surface area contributed by atoms with Crippen molar-refractivity contribution in [3.05, 3.63) is 66.0 Å². The lowest BCUT2D eigenvalue weighted by molar-refractivity contribution is -0.142. The summed E-state index contributed by atoms with van der Waals surface area (Å²) in [5.41, 5.74) is 0.227. The van der Waals surface area contributed by atoms with E-state index < -0.39 is 44.2 Å². The number of rotatable bonds is 8. The van der Waals surface area contributed by atoms with Crippen LogP contribution in [0.1, 0.15) is 76.7 Å². The normalized spacial score (nSPS) is 28.6. The summed E-state index contributed by atoms with van der Waals surface area (Å²) in [5, 5.41) is 0.407. The number of hydrogen-bond donors (Lipinski definition) is 1. The predicted octanol–water partition coefficient (Wildman–Crippen LogP) is 6.14. The first-order chi connectivity index (χ1) is 24.4. The van der Waals surface area contributed by atoms with Crippen LogP contribution in [0.3, 0.4) is 0 Å². The van der Waals surface area contributed by atoms with Crippen LogP contribution in [-0.4, -0.2) is 66.4 Å². The molecule has 3 fully saturated rings. The highest BCUT2D eigenvalue weighted by Gasteiger charge is 2.62. The number of methoxy groups -OCH3 is 1. The van der Waals surface area contributed by atoms with Gasteiger partial charge in [-0.15, -0.1) is 0 Å². The lowest BCUT2D eigenvalue weighted by Gasteiger charge is -2.29. The van der Waals surface area contributed by atoms with Gasteiger partial charge in [-0.25, -0.2) is 17.8 Å². The molecule has 2 aliphatic carbocycles. The van der Waals surface area contributed by atoms with E-state index >= 15 is 0 Å². The molecule has 0 spiro atoms. The van der Waals surface area contributed by atoms with Gasteiger partial charge in [-0.3, -0.25) is 19.1 Å². The third-order valence-corrected chi connectivity index (χ3v) is 14.2. The Bertz CT molecular complexity index is 1980. The van der Waals surface area contributed by atoms with Crippen molar-refractivity contribution < 1.29 is 36.7 Å². The van der Waals surface area contributed by atoms with Crippen molar-refractivity contribution in [3.8, 4) is 10.9 Å². The van der Waals surface area contributed by atoms with E-state index in [1.807, 2.05) is 36.4 Å². The molecule has 3 heterocycles. The Labute approximate surface area is 301 Å². The monoisotopic (exact) mass is 737 g/mol. The van der Waals surface area contributed by atoms with E-state index in [-0.39, 0.29) is 42.8 Å². The predicted molar refractivity (Wildman–Crippen MR) is 191 cm³/mol. The number of hydrogen-bond acceptors (Lipinski definition) is 9. The van der Waals surface area contributed by atoms with Crippen LogP contribution in [0.25, 0.3) is 10.2 Å². The van der Waals surface area contributed by atoms with Crippen molar-refractivity contribution in [2.75, 3.05) is 13.7 Å². The van der Waals surface area contributed by atoms with Gasteiger partial charge in [0.05, 0.1) is 40.1 Å². The number of carbonyl (C=O) groups excluding carboxylic acids is 3. The molecule has 2 aliphatic heterocycles. The molecule has 0 unspecified atom stereocenters. The second-order valence-corrected chi connectivity index (χ2v) is 18.1. The van der Waals surface area contributed by atoms with Gasteiger partial charge in [0.1, 0.15) is 17.7 Å². The average Bonchev–Trinajstić information content (AvgIpc) is 3.91. The van der Waals surface area contributed by atoms with Crippen LogP contribution in [0.2, 0.25) is 0 Å². The number of ketones is 1. The summed E-state index contributed by atoms with van der Waals surface area (Å²) < 4.78 is 54.4. The molecule has 51 heavy (non-hydrogen) atoms. The first-order valence-corrected chi connectivity index (χ1v) is 20.1. The number of allylic oxidation sites excluding steroid dienone is 2. The van der Waals surface area contributed by atoms with Gasteiger partial charge in [0, 0.05) is 18.8 Å². The van der Waals surface area contributed by atoms with E-state index in [2.05, 4.69) is 9.71 Å². The fourth-order valence-corrected chi connectivity index (χ4v) is 9.81. The van der Waals surface area contributed by atoms with E-state index in [0.717, 1.165) is 35.9 Å². The zero-order valence-corrected chi connectivity index (χ0v) is 30.6. The Morgan fingerprint density at radius 2 is 1.96 bits per heavy atom. The van der Waals surface area contributed by atoms with E-state index in [0.29, 0.717) is 48.6 Å². The van der Waals surface area contributed by atoms with Gasteiger partial charge < -0.3 is 14.4 Å². The fourth-order valence-electron chi connectivity index (χ4n) is 7.57. The van der Waals surface area contributed by atoms with Crippen LogP contribution in [0.5, 0.6) is 10.9 Å². The number of halogens is 1. The number of aromatic nitrogens is 1. The van der Waals surface area contributed by atoms with Crippen LogP contribution >= 0.6 is 11.3 Å². The van der Waals surface area contributed by atoms with Crippen molar-refractivity contribution in [1.29, 1.82) is 0 Å². The molecule has 2 saturated carbocycles. The highest BCUT2D eigenvalue weighted by molar-refractivity contribution is 7.91. The van der Waals surface area contributed by atoms with Crippen LogP contribution in [0, 0.1) is 23.1 Å². The van der Waals surface area contributed by atoms with Crippen molar-refractivity contribution >= 4 is 49.2 Å². The maximum absolute atomic E-state index is 14.5. The third-order valence-electron chi connectivity index (χ3n) is 11.2. The Morgan fingerprint density at radius 3 is 2.73 bits per heavy atom. The summed E-state index contributed by atoms with van der Waals surface area (Å²) >= 11 is 1.35. The zero-order valence-electron chi connectivity index (χ0n) is 28.9. The molecule has 2 amide bonds. The minimum Gasteiger partial charge on any atom is -0.497 e. The molecule has 4 aliphatic rings. The number of benzene rings is 2. The van der Waals surface area contributed by atoms with Gasteiger partial charge in [0.25, 0.3) is 5.19 Å². The lowest BCUT2D eigenvalue weighted by atomic mass is 9.90. The van der Waals surface area contributed by atoms with Crippen LogP contribution < -0.4 is 14.2 Å². The maximum Gasteiger partial charge on any atom is 0.274 e. The molecule has 2 aromatic carbocycles. The molecule has 0 radical (unpaired) electrons. The molecule has 5 atom stereocenters. The Kier molecular flexibility index (Phi) is 9.72. The second-order valence-electron chi connectivity index (χ2n) is 14.9. The molecule has 272 valence electrons. The maximum atomic E-state index is 14.5. The average molecular weight is 738 g/mol. The second kappa shape index (κ2) is 13.9. The lowest BCUT2D eigenvalue weighted by Crippen LogP contribution is -2.47. The molecule has 7 rings (SSSR count). The summed E-state index contributed by atoms with van der Waals surface area (Å²) in [6.07, 6.45) is 8.95. The summed E-state index contributed by atoms with van der Waals surface area (Å²) in [7, 11) is -2.32. The highest BCUT2D eigenvalue weighted by atomic mass is 32.2. The summed E-state index contributed by atoms with van der Waals surface area (Å²) in [6, 6.07) is 10.9. The molecular formula is C38H44FN3O7S2. The first-order valence-electron chi connectivity index (χ1n) is 17.8. The third kappa shape index (κ3) is 7.42. The van der Waals surface area contributed by atoms with Crippen LogP contribution in [0.4, 0.5) is 4.39 Å². The number of nitrogens with one attached hydrogen (secondary N) is 1. The Balaban J connectivity index is 1.18. The quantitative estimate of drug-likeness (QED) is 0.273. The number of carbonyl (C=O) groups is 3. The standard InChI is InChI=1S/C38H44FN3O7S2/c1-37(15-16-37)51(46,47)41-35(45)38-21-26(38)11-7-5-3-4-6-10-25(17-24-9-8-12-27(39)18-24)34(44)42-23-29(19-31(42)32(43)22-38)49-36-40-30-14-13-28(48-2)20-33(30)50-36/h7-9,11-14,18,20,25-26,29,31H,3-6,10,15-17,19,21-23H2,1-2H3,(H,41,45)/b11-7-/t25-,26+,29-,31+,38-/m1/s1. The number of ether oxygens (including phenoxy) is 2. The molecular weight excluding hydrogens is 694 g/mol. The number of nitrogens with zero attached hydrogens (tertiary/aromatic N) is 2. The molecule has 1 N–H and O–H groups in total. The van der Waals surface area contributed by atoms with Crippen LogP contribution in [0.15, 0.2) is 54.6 Å². The zero-order chi connectivity index (χ0) is 36.0. The van der Waals surface area contributed by atoms with Crippen LogP contribution in [-0.2, 0) is 30.8 Å². The van der Waals surface area contributed by atoms with Crippen molar-refractivity contribution in [2.24, 2.45) is 17.3 Å². The minimum absolute atomic E-state index is 0.142. The van der Waals surface area contributed by atoms with E-state index in [1.54, 1.807) is 25.0 Å². The Morgan fingerprint density at radius 1 is 1.14 bits per heavy atom. The minimum atomic E-state index is -3.92. The van der Waals surface area contributed by atoms with E-state index in [9.17, 15) is 27.2 Å². The molecule has 10 nitrogen and oxygen atoms in total. The van der Waals surface area contributed by atoms with Gasteiger partial charge in [-0.1, -0.05) is 48.5 Å². The Hall–Kier alpha value is -3.84. The van der Waals surface area contributed by atoms with Gasteiger partial charge >= 0.3 is 0 Å². The van der Waals surface area contributed by atoms with Gasteiger partial charge in [0.2, 0.25) is 21.8 Å². The number of sulfonamides is 1. The highest BCUT2D eigenvalue weighted by Crippen LogP contribution is 2.57. The summed E-state index contributed by atoms with van der Waals surface area (Å²) in [4.78, 5) is 49.0. The van der Waals surface area contributed by atoms with Gasteiger partial charge in [-0.2, -0.15) is 0 Å². The first kappa shape index (κ1) is 35.6.